The van der Waals surface area contributed by atoms with Crippen LogP contribution in [0.1, 0.15) is 35.4 Å². The monoisotopic (exact) mass is 615 g/mol. The van der Waals surface area contributed by atoms with Gasteiger partial charge < -0.3 is 13.4 Å². The fourth-order valence-corrected chi connectivity index (χ4v) is 8.78. The number of benzene rings is 7. The van der Waals surface area contributed by atoms with Crippen molar-refractivity contribution >= 4 is 65.7 Å². The molecule has 0 fully saturated rings. The van der Waals surface area contributed by atoms with Gasteiger partial charge in [-0.3, -0.25) is 0 Å². The van der Waals surface area contributed by atoms with Gasteiger partial charge in [-0.05, 0) is 76.2 Å². The first kappa shape index (κ1) is 26.1. The van der Waals surface area contributed by atoms with E-state index in [1.165, 1.54) is 49.6 Å². The van der Waals surface area contributed by atoms with Gasteiger partial charge in [-0.1, -0.05) is 110 Å². The minimum atomic E-state index is 0.229. The molecule has 1 aliphatic rings. The van der Waals surface area contributed by atoms with Crippen LogP contribution in [0.2, 0.25) is 0 Å². The van der Waals surface area contributed by atoms with Gasteiger partial charge in [-0.25, -0.2) is 0 Å². The Kier molecular flexibility index (Phi) is 5.15. The van der Waals surface area contributed by atoms with Crippen LogP contribution in [0.4, 0.5) is 0 Å². The van der Waals surface area contributed by atoms with Crippen LogP contribution >= 0.6 is 0 Å². The van der Waals surface area contributed by atoms with Crippen molar-refractivity contribution in [2.75, 3.05) is 0 Å². The molecular weight excluding hydrogens is 587 g/mol. The fourth-order valence-electron chi connectivity index (χ4n) is 8.78. The van der Waals surface area contributed by atoms with Gasteiger partial charge >= 0.3 is 0 Å². The number of rotatable bonds is 2. The molecule has 0 bridgehead atoms. The Labute approximate surface area is 276 Å². The molecule has 11 rings (SSSR count). The van der Waals surface area contributed by atoms with Crippen molar-refractivity contribution in [2.24, 2.45) is 0 Å². The molecule has 3 nitrogen and oxygen atoms in total. The number of aromatic nitrogens is 1. The summed E-state index contributed by atoms with van der Waals surface area (Å²) in [5, 5.41) is 6.90. The zero-order valence-corrected chi connectivity index (χ0v) is 26.3. The van der Waals surface area contributed by atoms with Gasteiger partial charge in [0.2, 0.25) is 0 Å². The smallest absolute Gasteiger partial charge is 0.159 e. The molecule has 2 atom stereocenters. The Bertz CT molecular complexity index is 2880. The third kappa shape index (κ3) is 3.38. The van der Waals surface area contributed by atoms with Gasteiger partial charge in [0.05, 0.1) is 16.7 Å². The minimum absolute atomic E-state index is 0.229. The number of para-hydroxylation sites is 3. The molecule has 3 heterocycles. The molecular formula is C45H29NO2. The van der Waals surface area contributed by atoms with Crippen molar-refractivity contribution in [1.82, 2.24) is 4.57 Å². The first-order valence-electron chi connectivity index (χ1n) is 16.7. The number of furan rings is 2. The normalized spacial score (nSPS) is 16.0. The number of hydrogen-bond acceptors (Lipinski definition) is 2. The van der Waals surface area contributed by atoms with Crippen LogP contribution in [0.5, 0.6) is 0 Å². The van der Waals surface area contributed by atoms with Crippen molar-refractivity contribution in [1.29, 1.82) is 0 Å². The van der Waals surface area contributed by atoms with Gasteiger partial charge in [0.15, 0.2) is 5.58 Å². The Balaban J connectivity index is 1.18. The highest BCUT2D eigenvalue weighted by Gasteiger charge is 2.32. The molecule has 3 heteroatoms. The van der Waals surface area contributed by atoms with Crippen LogP contribution in [0.15, 0.2) is 154 Å². The van der Waals surface area contributed by atoms with Crippen LogP contribution < -0.4 is 0 Å². The van der Waals surface area contributed by atoms with Crippen LogP contribution in [-0.4, -0.2) is 4.57 Å². The van der Waals surface area contributed by atoms with Gasteiger partial charge in [0.1, 0.15) is 16.7 Å². The maximum absolute atomic E-state index is 6.82. The van der Waals surface area contributed by atoms with Gasteiger partial charge in [0.25, 0.3) is 0 Å². The molecule has 7 aromatic carbocycles. The molecule has 10 aromatic rings. The summed E-state index contributed by atoms with van der Waals surface area (Å²) in [4.78, 5) is 0. The first-order chi connectivity index (χ1) is 23.7. The van der Waals surface area contributed by atoms with E-state index in [9.17, 15) is 0 Å². The summed E-state index contributed by atoms with van der Waals surface area (Å²) < 4.78 is 15.7. The van der Waals surface area contributed by atoms with Crippen LogP contribution in [0.25, 0.3) is 82.5 Å². The SMILES string of the molecule is CC1c2ccccc2-c2ccccc2C1c1ccc2oc3ccc4oc5c(-n6c7ccccc7c7ccccc76)cccc5c4c3c2c1. The van der Waals surface area contributed by atoms with Crippen LogP contribution in [0, 0.1) is 0 Å². The predicted molar refractivity (Wildman–Crippen MR) is 197 cm³/mol. The quantitative estimate of drug-likeness (QED) is 0.194. The standard InChI is InChI=1S/C45H29NO2/c1-26-28-11-2-3-12-29(28)30-13-4-5-16-33(30)42(26)27-21-22-39-35(25-27)44-40(47-39)23-24-41-43(44)34-17-10-20-38(45(34)48-41)46-36-18-8-6-14-31(36)32-15-7-9-19-37(32)46/h2-26,42H,1H3. The van der Waals surface area contributed by atoms with Gasteiger partial charge in [-0.2, -0.15) is 0 Å². The van der Waals surface area contributed by atoms with Crippen molar-refractivity contribution in [3.05, 3.63) is 162 Å². The Hall–Kier alpha value is -6.06. The summed E-state index contributed by atoms with van der Waals surface area (Å²) in [5.41, 5.74) is 13.6. The lowest BCUT2D eigenvalue weighted by atomic mass is 9.69. The number of nitrogens with zero attached hydrogens (tertiary/aromatic N) is 1. The maximum Gasteiger partial charge on any atom is 0.159 e. The second-order valence-electron chi connectivity index (χ2n) is 13.2. The Morgan fingerprint density at radius 3 is 1.83 bits per heavy atom. The maximum atomic E-state index is 6.82. The third-order valence-corrected chi connectivity index (χ3v) is 10.8. The topological polar surface area (TPSA) is 31.2 Å². The molecule has 0 aliphatic heterocycles. The van der Waals surface area contributed by atoms with E-state index in [0.717, 1.165) is 49.6 Å². The second-order valence-corrected chi connectivity index (χ2v) is 13.2. The van der Waals surface area contributed by atoms with E-state index in [0.29, 0.717) is 5.92 Å². The van der Waals surface area contributed by atoms with E-state index in [1.807, 2.05) is 0 Å². The molecule has 48 heavy (non-hydrogen) atoms. The van der Waals surface area contributed by atoms with E-state index in [2.05, 4.69) is 157 Å². The average molecular weight is 616 g/mol. The van der Waals surface area contributed by atoms with Crippen LogP contribution in [-0.2, 0) is 0 Å². The van der Waals surface area contributed by atoms with Crippen molar-refractivity contribution in [2.45, 2.75) is 18.8 Å². The van der Waals surface area contributed by atoms with Crippen molar-refractivity contribution in [3.8, 4) is 16.8 Å². The summed E-state index contributed by atoms with van der Waals surface area (Å²) in [6.07, 6.45) is 0. The summed E-state index contributed by atoms with van der Waals surface area (Å²) in [6, 6.07) is 52.5. The van der Waals surface area contributed by atoms with E-state index in [1.54, 1.807) is 0 Å². The molecule has 0 radical (unpaired) electrons. The summed E-state index contributed by atoms with van der Waals surface area (Å²) in [7, 11) is 0. The zero-order valence-electron chi connectivity index (χ0n) is 26.3. The van der Waals surface area contributed by atoms with E-state index >= 15 is 0 Å². The minimum Gasteiger partial charge on any atom is -0.456 e. The molecule has 0 amide bonds. The molecule has 2 unspecified atom stereocenters. The van der Waals surface area contributed by atoms with E-state index in [-0.39, 0.29) is 5.92 Å². The molecule has 3 aromatic heterocycles. The van der Waals surface area contributed by atoms with Gasteiger partial charge in [-0.15, -0.1) is 0 Å². The highest BCUT2D eigenvalue weighted by atomic mass is 16.3. The molecule has 226 valence electrons. The predicted octanol–water partition coefficient (Wildman–Crippen LogP) is 12.5. The zero-order chi connectivity index (χ0) is 31.5. The largest absolute Gasteiger partial charge is 0.456 e. The fraction of sp³-hybridized carbons (Fsp3) is 0.0667. The van der Waals surface area contributed by atoms with E-state index < -0.39 is 0 Å². The molecule has 1 aliphatic carbocycles. The Morgan fingerprint density at radius 2 is 1.06 bits per heavy atom. The Morgan fingerprint density at radius 1 is 0.479 bits per heavy atom. The molecule has 0 saturated carbocycles. The highest BCUT2D eigenvalue weighted by Crippen LogP contribution is 2.51. The third-order valence-electron chi connectivity index (χ3n) is 10.8. The average Bonchev–Trinajstić information content (AvgIpc) is 3.81. The highest BCUT2D eigenvalue weighted by molar-refractivity contribution is 6.26. The summed E-state index contributed by atoms with van der Waals surface area (Å²) >= 11 is 0. The van der Waals surface area contributed by atoms with Crippen molar-refractivity contribution in [3.63, 3.8) is 0 Å². The second kappa shape index (κ2) is 9.49. The molecule has 0 N–H and O–H groups in total. The number of hydrogen-bond donors (Lipinski definition) is 0. The first-order valence-corrected chi connectivity index (χ1v) is 16.7. The summed E-state index contributed by atoms with van der Waals surface area (Å²) in [5.74, 6) is 0.558. The summed E-state index contributed by atoms with van der Waals surface area (Å²) in [6.45, 7) is 2.37. The lowest BCUT2D eigenvalue weighted by Gasteiger charge is -2.34. The van der Waals surface area contributed by atoms with E-state index in [4.69, 9.17) is 8.83 Å². The van der Waals surface area contributed by atoms with Crippen LogP contribution in [0.3, 0.4) is 0 Å². The molecule has 0 spiro atoms. The van der Waals surface area contributed by atoms with Crippen molar-refractivity contribution < 1.29 is 8.83 Å². The lowest BCUT2D eigenvalue weighted by molar-refractivity contribution is 0.647. The lowest BCUT2D eigenvalue weighted by Crippen LogP contribution is -2.16. The number of fused-ring (bicyclic) bond motifs is 13. The van der Waals surface area contributed by atoms with Gasteiger partial charge in [0, 0.05) is 38.2 Å². The molecule has 0 saturated heterocycles.